The maximum atomic E-state index is 14.2. The van der Waals surface area contributed by atoms with Gasteiger partial charge in [-0.1, -0.05) is 89.9 Å². The molecule has 1 saturated heterocycles. The Hall–Kier alpha value is -3.95. The molecule has 1 aromatic heterocycles. The van der Waals surface area contributed by atoms with Crippen LogP contribution < -0.4 is 10.6 Å². The molecule has 0 radical (unpaired) electrons. The van der Waals surface area contributed by atoms with E-state index in [1.54, 1.807) is 63.9 Å². The Morgan fingerprint density at radius 2 is 1.70 bits per heavy atom. The second-order valence-electron chi connectivity index (χ2n) is 15.0. The van der Waals surface area contributed by atoms with Crippen LogP contribution in [0.5, 0.6) is 0 Å². The van der Waals surface area contributed by atoms with Gasteiger partial charge >= 0.3 is 12.1 Å². The van der Waals surface area contributed by atoms with Crippen molar-refractivity contribution in [3.8, 4) is 0 Å². The lowest BCUT2D eigenvalue weighted by molar-refractivity contribution is -0.147. The molecule has 9 atom stereocenters. The highest BCUT2D eigenvalue weighted by molar-refractivity contribution is 6.33. The van der Waals surface area contributed by atoms with Crippen LogP contribution in [0, 0.1) is 17.8 Å². The Labute approximate surface area is 332 Å². The number of carboxylic acids is 1. The lowest BCUT2D eigenvalue weighted by Crippen LogP contribution is -2.56. The zero-order chi connectivity index (χ0) is 42.1. The van der Waals surface area contributed by atoms with E-state index in [-0.39, 0.29) is 35.0 Å². The van der Waals surface area contributed by atoms with Gasteiger partial charge in [-0.05, 0) is 36.3 Å². The Morgan fingerprint density at radius 1 is 1.05 bits per heavy atom. The summed E-state index contributed by atoms with van der Waals surface area (Å²) in [5.41, 5.74) is -0.256. The number of halogens is 4. The second kappa shape index (κ2) is 20.5. The number of benzene rings is 1. The van der Waals surface area contributed by atoms with E-state index in [1.165, 1.54) is 19.1 Å². The van der Waals surface area contributed by atoms with E-state index in [1.807, 2.05) is 19.9 Å². The topological polar surface area (TPSA) is 150 Å². The fraction of sp³-hybridized carbons (Fsp3) is 0.625. The highest BCUT2D eigenvalue weighted by Crippen LogP contribution is 2.34. The molecule has 2 aromatic rings. The number of hydrogen-bond donors (Lipinski definition) is 3. The molecule has 3 N–H and O–H groups in total. The van der Waals surface area contributed by atoms with Crippen LogP contribution in [0.4, 0.5) is 19.0 Å². The van der Waals surface area contributed by atoms with Crippen LogP contribution in [-0.4, -0.2) is 108 Å². The number of nitrogens with zero attached hydrogens (tertiary/aromatic N) is 3. The van der Waals surface area contributed by atoms with Gasteiger partial charge in [0.1, 0.15) is 17.9 Å². The van der Waals surface area contributed by atoms with E-state index in [0.29, 0.717) is 32.0 Å². The molecule has 16 heteroatoms. The van der Waals surface area contributed by atoms with Crippen molar-refractivity contribution >= 4 is 41.1 Å². The number of pyridine rings is 1. The lowest BCUT2D eigenvalue weighted by atomic mass is 9.89. The molecular weight excluding hydrogens is 755 g/mol. The van der Waals surface area contributed by atoms with Crippen molar-refractivity contribution in [1.82, 2.24) is 20.1 Å². The molecule has 0 saturated carbocycles. The third-order valence-corrected chi connectivity index (χ3v) is 11.3. The summed E-state index contributed by atoms with van der Waals surface area (Å²) < 4.78 is 51.5. The normalized spacial score (nSPS) is 19.0. The molecule has 1 aliphatic heterocycles. The Balaban J connectivity index is 1.80. The summed E-state index contributed by atoms with van der Waals surface area (Å²) >= 11 is 6.18. The number of methoxy groups -OCH3 is 2. The Bertz CT molecular complexity index is 1630. The summed E-state index contributed by atoms with van der Waals surface area (Å²) in [6.45, 7) is 11.3. The highest BCUT2D eigenvalue weighted by Gasteiger charge is 2.43. The minimum Gasteiger partial charge on any atom is -0.480 e. The van der Waals surface area contributed by atoms with Crippen molar-refractivity contribution in [3.63, 3.8) is 0 Å². The standard InChI is InChI=1S/C40H57ClF3N5O7/c1-10-23(4)34(48(7)38(52)32(22(2)3)46-36-28(41)19-27(21-45-36)40(42,43)44)30(55-8)20-31(50)49-18-14-17-29(49)35(56-9)25(6)37(51)47-33(39(53)54)24(5)26-15-12-11-13-16-26/h11-13,15-16,19,21-25,29-30,32-35H,10,14,17-18,20H2,1-9H3,(H,45,46)(H,47,51)(H,53,54)/t23-,24?,25+,29-,30+,32-,33?,34-,35+/m0/s1. The van der Waals surface area contributed by atoms with Gasteiger partial charge in [0.15, 0.2) is 0 Å². The molecule has 1 fully saturated rings. The fourth-order valence-corrected chi connectivity index (χ4v) is 7.74. The van der Waals surface area contributed by atoms with E-state index in [2.05, 4.69) is 15.6 Å². The molecule has 312 valence electrons. The molecule has 56 heavy (non-hydrogen) atoms. The number of nitrogens with one attached hydrogen (secondary N) is 2. The molecule has 1 aromatic carbocycles. The van der Waals surface area contributed by atoms with Gasteiger partial charge in [-0.15, -0.1) is 0 Å². The summed E-state index contributed by atoms with van der Waals surface area (Å²) in [7, 11) is 4.54. The molecule has 0 spiro atoms. The zero-order valence-electron chi connectivity index (χ0n) is 33.6. The van der Waals surface area contributed by atoms with Crippen molar-refractivity contribution in [2.75, 3.05) is 33.1 Å². The predicted octanol–water partition coefficient (Wildman–Crippen LogP) is 6.48. The number of rotatable bonds is 19. The van der Waals surface area contributed by atoms with E-state index in [4.69, 9.17) is 21.1 Å². The summed E-state index contributed by atoms with van der Waals surface area (Å²) in [5, 5.41) is 15.4. The van der Waals surface area contributed by atoms with Gasteiger partial charge in [0.2, 0.25) is 17.7 Å². The van der Waals surface area contributed by atoms with Crippen LogP contribution >= 0.6 is 11.6 Å². The van der Waals surface area contributed by atoms with E-state index < -0.39 is 77.7 Å². The fourth-order valence-electron chi connectivity index (χ4n) is 7.52. The number of likely N-dealkylation sites (N-methyl/N-ethyl adjacent to an activating group) is 1. The minimum atomic E-state index is -4.64. The number of likely N-dealkylation sites (tertiary alicyclic amines) is 1. The summed E-state index contributed by atoms with van der Waals surface area (Å²) in [4.78, 5) is 61.3. The number of carbonyl (C=O) groups excluding carboxylic acids is 3. The Kier molecular flexibility index (Phi) is 17.0. The SMILES string of the molecule is CC[C@H](C)[C@@H]([C@@H](CC(=O)N1CCC[C@H]1[C@H](OC)[C@@H](C)C(=O)NC(C(=O)O)C(C)c1ccccc1)OC)N(C)C(=O)[C@@H](Nc1ncc(C(F)(F)F)cc1Cl)C(C)C. The van der Waals surface area contributed by atoms with Crippen molar-refractivity contribution in [2.24, 2.45) is 17.8 Å². The number of aliphatic carboxylic acids is 1. The van der Waals surface area contributed by atoms with Crippen LogP contribution in [-0.2, 0) is 34.8 Å². The smallest absolute Gasteiger partial charge is 0.417 e. The first kappa shape index (κ1) is 46.4. The van der Waals surface area contributed by atoms with Gasteiger partial charge in [0.05, 0.1) is 47.2 Å². The minimum absolute atomic E-state index is 0.0708. The first-order valence-electron chi connectivity index (χ1n) is 19.0. The number of hydrogen-bond acceptors (Lipinski definition) is 8. The average Bonchev–Trinajstić information content (AvgIpc) is 3.64. The van der Waals surface area contributed by atoms with Gasteiger partial charge in [-0.3, -0.25) is 14.4 Å². The van der Waals surface area contributed by atoms with Gasteiger partial charge < -0.3 is 35.0 Å². The second-order valence-corrected chi connectivity index (χ2v) is 15.4. The van der Waals surface area contributed by atoms with Crippen molar-refractivity contribution in [2.45, 2.75) is 116 Å². The van der Waals surface area contributed by atoms with E-state index in [0.717, 1.165) is 11.6 Å². The molecular formula is C40H57ClF3N5O7. The summed E-state index contributed by atoms with van der Waals surface area (Å²) in [5.74, 6) is -4.23. The third-order valence-electron chi connectivity index (χ3n) is 11.0. The quantitative estimate of drug-likeness (QED) is 0.145. The molecule has 1 aliphatic rings. The van der Waals surface area contributed by atoms with E-state index in [9.17, 15) is 37.5 Å². The van der Waals surface area contributed by atoms with Crippen molar-refractivity contribution in [3.05, 3.63) is 58.7 Å². The van der Waals surface area contributed by atoms with Crippen LogP contribution in [0.25, 0.3) is 0 Å². The van der Waals surface area contributed by atoms with Crippen molar-refractivity contribution in [1.29, 1.82) is 0 Å². The summed E-state index contributed by atoms with van der Waals surface area (Å²) in [6, 6.07) is 6.58. The molecule has 3 amide bonds. The van der Waals surface area contributed by atoms with Gasteiger partial charge in [-0.25, -0.2) is 9.78 Å². The molecule has 2 heterocycles. The van der Waals surface area contributed by atoms with Gasteiger partial charge in [-0.2, -0.15) is 13.2 Å². The van der Waals surface area contributed by atoms with E-state index >= 15 is 0 Å². The molecule has 0 bridgehead atoms. The number of alkyl halides is 3. The lowest BCUT2D eigenvalue weighted by Gasteiger charge is -2.41. The number of amides is 3. The zero-order valence-corrected chi connectivity index (χ0v) is 34.4. The van der Waals surface area contributed by atoms with Crippen LogP contribution in [0.15, 0.2) is 42.6 Å². The summed E-state index contributed by atoms with van der Waals surface area (Å²) in [6.07, 6.45) is -3.75. The molecule has 0 aliphatic carbocycles. The number of carbonyl (C=O) groups is 4. The first-order chi connectivity index (χ1) is 26.3. The number of carboxylic acid groups (broad SMARTS) is 1. The van der Waals surface area contributed by atoms with Crippen molar-refractivity contribution < 1.29 is 46.9 Å². The number of anilines is 1. The molecule has 3 rings (SSSR count). The van der Waals surface area contributed by atoms with Crippen LogP contribution in [0.2, 0.25) is 5.02 Å². The van der Waals surface area contributed by atoms with Gasteiger partial charge in [0, 0.05) is 39.9 Å². The van der Waals surface area contributed by atoms with Crippen LogP contribution in [0.3, 0.4) is 0 Å². The number of ether oxygens (including phenoxy) is 2. The average molecular weight is 812 g/mol. The largest absolute Gasteiger partial charge is 0.480 e. The molecule has 2 unspecified atom stereocenters. The monoisotopic (exact) mass is 811 g/mol. The first-order valence-corrected chi connectivity index (χ1v) is 19.4. The highest BCUT2D eigenvalue weighted by atomic mass is 35.5. The maximum absolute atomic E-state index is 14.2. The molecule has 12 nitrogen and oxygen atoms in total. The Morgan fingerprint density at radius 3 is 2.21 bits per heavy atom. The van der Waals surface area contributed by atoms with Crippen LogP contribution in [0.1, 0.15) is 84.3 Å². The van der Waals surface area contributed by atoms with Gasteiger partial charge in [0.25, 0.3) is 0 Å². The third kappa shape index (κ3) is 11.3. The number of aromatic nitrogens is 1. The predicted molar refractivity (Wildman–Crippen MR) is 207 cm³/mol. The maximum Gasteiger partial charge on any atom is 0.417 e.